The van der Waals surface area contributed by atoms with Gasteiger partial charge in [-0.3, -0.25) is 0 Å². The number of rotatable bonds is 2. The van der Waals surface area contributed by atoms with Crippen LogP contribution in [0.25, 0.3) is 0 Å². The largest absolute Gasteiger partial charge is 0.393 e. The van der Waals surface area contributed by atoms with Gasteiger partial charge >= 0.3 is 0 Å². The molecule has 106 valence electrons. The number of nitrogens with zero attached hydrogens (tertiary/aromatic N) is 2. The van der Waals surface area contributed by atoms with E-state index in [1.165, 1.54) is 11.3 Å². The van der Waals surface area contributed by atoms with E-state index in [0.29, 0.717) is 11.1 Å². The fraction of sp³-hybridized carbons (Fsp3) is 0.750. The highest BCUT2D eigenvalue weighted by Crippen LogP contribution is 2.40. The van der Waals surface area contributed by atoms with Crippen LogP contribution < -0.4 is 4.90 Å². The zero-order valence-electron chi connectivity index (χ0n) is 10.8. The van der Waals surface area contributed by atoms with Crippen LogP contribution in [-0.4, -0.2) is 47.8 Å². The molecule has 5 nitrogen and oxygen atoms in total. The summed E-state index contributed by atoms with van der Waals surface area (Å²) in [6.45, 7) is 4.02. The molecule has 2 aliphatic heterocycles. The van der Waals surface area contributed by atoms with Crippen molar-refractivity contribution in [2.75, 3.05) is 31.2 Å². The van der Waals surface area contributed by atoms with Crippen molar-refractivity contribution in [1.82, 2.24) is 4.98 Å². The average molecular weight is 305 g/mol. The molecule has 0 saturated carbocycles. The van der Waals surface area contributed by atoms with E-state index in [-0.39, 0.29) is 6.61 Å². The third-order valence-corrected chi connectivity index (χ3v) is 4.89. The molecule has 3 rings (SSSR count). The predicted octanol–water partition coefficient (Wildman–Crippen LogP) is 1.89. The number of thiazole rings is 1. The minimum atomic E-state index is -0.560. The van der Waals surface area contributed by atoms with E-state index in [2.05, 4.69) is 9.88 Å². The molecular formula is C12H17ClN2O3S. The quantitative estimate of drug-likeness (QED) is 0.904. The standard InChI is InChI=1S/C12H17ClN2O3S/c1-11(7-16)8-17-12(18-11)2-4-15(5-3-12)9-6-14-10(13)19-9/h6,16H,2-5,7-8H2,1H3. The van der Waals surface area contributed by atoms with Crippen molar-refractivity contribution in [3.05, 3.63) is 10.7 Å². The summed E-state index contributed by atoms with van der Waals surface area (Å²) in [5.41, 5.74) is -0.560. The summed E-state index contributed by atoms with van der Waals surface area (Å²) < 4.78 is 12.4. The van der Waals surface area contributed by atoms with E-state index >= 15 is 0 Å². The van der Waals surface area contributed by atoms with Crippen LogP contribution in [0.4, 0.5) is 5.00 Å². The molecule has 0 aromatic carbocycles. The van der Waals surface area contributed by atoms with E-state index in [4.69, 9.17) is 21.1 Å². The number of halogens is 1. The van der Waals surface area contributed by atoms with Gasteiger partial charge in [-0.1, -0.05) is 22.9 Å². The lowest BCUT2D eigenvalue weighted by Gasteiger charge is -2.39. The number of aliphatic hydroxyl groups excluding tert-OH is 1. The van der Waals surface area contributed by atoms with Crippen LogP contribution >= 0.6 is 22.9 Å². The van der Waals surface area contributed by atoms with Crippen molar-refractivity contribution in [3.8, 4) is 0 Å². The summed E-state index contributed by atoms with van der Waals surface area (Å²) in [5.74, 6) is -0.525. The van der Waals surface area contributed by atoms with Crippen LogP contribution in [0.15, 0.2) is 6.20 Å². The summed E-state index contributed by atoms with van der Waals surface area (Å²) in [4.78, 5) is 6.31. The molecule has 1 aromatic heterocycles. The van der Waals surface area contributed by atoms with Gasteiger partial charge in [0.05, 0.1) is 19.4 Å². The molecule has 1 atom stereocenters. The van der Waals surface area contributed by atoms with Crippen molar-refractivity contribution >= 4 is 27.9 Å². The maximum atomic E-state index is 9.34. The third-order valence-electron chi connectivity index (χ3n) is 3.71. The molecule has 1 N–H and O–H groups in total. The van der Waals surface area contributed by atoms with Gasteiger partial charge in [0.25, 0.3) is 0 Å². The monoisotopic (exact) mass is 304 g/mol. The Morgan fingerprint density at radius 3 is 2.79 bits per heavy atom. The topological polar surface area (TPSA) is 54.8 Å². The number of aliphatic hydroxyl groups is 1. The van der Waals surface area contributed by atoms with Crippen molar-refractivity contribution in [1.29, 1.82) is 0 Å². The SMILES string of the molecule is CC1(CO)COC2(CCN(c3cnc(Cl)s3)CC2)O1. The normalized spacial score (nSPS) is 30.2. The highest BCUT2D eigenvalue weighted by Gasteiger charge is 2.49. The maximum absolute atomic E-state index is 9.34. The predicted molar refractivity (Wildman–Crippen MR) is 73.8 cm³/mol. The van der Waals surface area contributed by atoms with Crippen molar-refractivity contribution in [3.63, 3.8) is 0 Å². The molecule has 2 saturated heterocycles. The van der Waals surface area contributed by atoms with E-state index in [1.54, 1.807) is 6.20 Å². The second-order valence-corrected chi connectivity index (χ2v) is 6.94. The highest BCUT2D eigenvalue weighted by atomic mass is 35.5. The van der Waals surface area contributed by atoms with Crippen LogP contribution in [0.2, 0.25) is 4.47 Å². The Hall–Kier alpha value is -0.400. The Morgan fingerprint density at radius 1 is 1.53 bits per heavy atom. The number of ether oxygens (including phenoxy) is 2. The smallest absolute Gasteiger partial charge is 0.185 e. The zero-order valence-corrected chi connectivity index (χ0v) is 12.3. The molecule has 0 radical (unpaired) electrons. The zero-order chi connectivity index (χ0) is 13.5. The molecule has 0 bridgehead atoms. The lowest BCUT2D eigenvalue weighted by atomic mass is 10.0. The summed E-state index contributed by atoms with van der Waals surface area (Å²) >= 11 is 7.35. The van der Waals surface area contributed by atoms with Gasteiger partial charge in [-0.25, -0.2) is 4.98 Å². The minimum absolute atomic E-state index is 0.0110. The number of piperidine rings is 1. The molecule has 7 heteroatoms. The van der Waals surface area contributed by atoms with Crippen LogP contribution in [0, 0.1) is 0 Å². The lowest BCUT2D eigenvalue weighted by Crippen LogP contribution is -2.46. The third kappa shape index (κ3) is 2.60. The van der Waals surface area contributed by atoms with Gasteiger partial charge in [0.1, 0.15) is 10.6 Å². The number of hydrogen-bond donors (Lipinski definition) is 1. The first-order chi connectivity index (χ1) is 9.04. The van der Waals surface area contributed by atoms with Crippen molar-refractivity contribution in [2.24, 2.45) is 0 Å². The second-order valence-electron chi connectivity index (χ2n) is 5.35. The van der Waals surface area contributed by atoms with Crippen LogP contribution in [0.5, 0.6) is 0 Å². The molecular weight excluding hydrogens is 288 g/mol. The van der Waals surface area contributed by atoms with Gasteiger partial charge in [0, 0.05) is 25.9 Å². The van der Waals surface area contributed by atoms with E-state index in [9.17, 15) is 5.11 Å². The van der Waals surface area contributed by atoms with Crippen LogP contribution in [0.1, 0.15) is 19.8 Å². The number of anilines is 1. The minimum Gasteiger partial charge on any atom is -0.393 e. The van der Waals surface area contributed by atoms with Gasteiger partial charge < -0.3 is 19.5 Å². The maximum Gasteiger partial charge on any atom is 0.185 e. The van der Waals surface area contributed by atoms with E-state index in [1.807, 2.05) is 6.92 Å². The van der Waals surface area contributed by atoms with Gasteiger partial charge in [0.2, 0.25) is 0 Å². The summed E-state index contributed by atoms with van der Waals surface area (Å²) in [6, 6.07) is 0. The molecule has 0 amide bonds. The Kier molecular flexibility index (Phi) is 3.47. The van der Waals surface area contributed by atoms with Gasteiger partial charge in [-0.2, -0.15) is 0 Å². The first-order valence-corrected chi connectivity index (χ1v) is 7.55. The molecule has 1 aromatic rings. The van der Waals surface area contributed by atoms with Crippen molar-refractivity contribution < 1.29 is 14.6 Å². The fourth-order valence-electron chi connectivity index (χ4n) is 2.58. The number of hydrogen-bond acceptors (Lipinski definition) is 6. The van der Waals surface area contributed by atoms with E-state index in [0.717, 1.165) is 30.9 Å². The molecule has 2 fully saturated rings. The Balaban J connectivity index is 1.64. The molecule has 1 unspecified atom stereocenters. The summed E-state index contributed by atoms with van der Waals surface area (Å²) in [7, 11) is 0. The number of aromatic nitrogens is 1. The molecule has 1 spiro atoms. The van der Waals surface area contributed by atoms with Gasteiger partial charge in [-0.15, -0.1) is 0 Å². The Bertz CT molecular complexity index is 462. The van der Waals surface area contributed by atoms with Gasteiger partial charge in [-0.05, 0) is 6.92 Å². The Morgan fingerprint density at radius 2 is 2.26 bits per heavy atom. The van der Waals surface area contributed by atoms with E-state index < -0.39 is 11.4 Å². The van der Waals surface area contributed by atoms with Crippen LogP contribution in [0.3, 0.4) is 0 Å². The second kappa shape index (κ2) is 4.86. The van der Waals surface area contributed by atoms with Crippen LogP contribution in [-0.2, 0) is 9.47 Å². The summed E-state index contributed by atoms with van der Waals surface area (Å²) in [5, 5.41) is 10.4. The fourth-order valence-corrected chi connectivity index (χ4v) is 3.56. The lowest BCUT2D eigenvalue weighted by molar-refractivity contribution is -0.200. The molecule has 3 heterocycles. The first kappa shape index (κ1) is 13.6. The first-order valence-electron chi connectivity index (χ1n) is 6.36. The molecule has 19 heavy (non-hydrogen) atoms. The molecule has 2 aliphatic rings. The Labute approximate surface area is 121 Å². The van der Waals surface area contributed by atoms with Crippen molar-refractivity contribution in [2.45, 2.75) is 31.2 Å². The summed E-state index contributed by atoms with van der Waals surface area (Å²) in [6.07, 6.45) is 3.38. The molecule has 0 aliphatic carbocycles. The average Bonchev–Trinajstić information content (AvgIpc) is 2.97. The van der Waals surface area contributed by atoms with Gasteiger partial charge in [0.15, 0.2) is 10.3 Å². The highest BCUT2D eigenvalue weighted by molar-refractivity contribution is 7.19.